The van der Waals surface area contributed by atoms with Gasteiger partial charge in [0.2, 0.25) is 10.0 Å². The zero-order chi connectivity index (χ0) is 15.3. The molecule has 0 unspecified atom stereocenters. The third-order valence-corrected chi connectivity index (χ3v) is 4.66. The van der Waals surface area contributed by atoms with Gasteiger partial charge in [-0.3, -0.25) is 4.68 Å². The average Bonchev–Trinajstić information content (AvgIpc) is 3.12. The van der Waals surface area contributed by atoms with Crippen LogP contribution in [0.1, 0.15) is 19.0 Å². The minimum atomic E-state index is -3.48. The maximum atomic E-state index is 12.2. The molecule has 0 spiro atoms. The first kappa shape index (κ1) is 15.7. The van der Waals surface area contributed by atoms with Gasteiger partial charge in [-0.1, -0.05) is 0 Å². The lowest BCUT2D eigenvalue weighted by molar-refractivity contribution is 0.553. The van der Waals surface area contributed by atoms with Gasteiger partial charge in [-0.25, -0.2) is 13.1 Å². The van der Waals surface area contributed by atoms with Gasteiger partial charge >= 0.3 is 0 Å². The van der Waals surface area contributed by atoms with E-state index in [2.05, 4.69) is 9.82 Å². The van der Waals surface area contributed by atoms with Crippen LogP contribution in [0.15, 0.2) is 35.6 Å². The molecule has 0 aliphatic rings. The quantitative estimate of drug-likeness (QED) is 0.695. The van der Waals surface area contributed by atoms with Crippen molar-refractivity contribution in [2.75, 3.05) is 6.54 Å². The molecule has 0 fully saturated rings. The molecular formula is C13H21N5O2S. The molecule has 2 aromatic rings. The van der Waals surface area contributed by atoms with Crippen LogP contribution in [0.5, 0.6) is 0 Å². The Balaban J connectivity index is 1.93. The summed E-state index contributed by atoms with van der Waals surface area (Å²) in [7, 11) is -3.48. The fourth-order valence-electron chi connectivity index (χ4n) is 2.10. The number of nitrogens with zero attached hydrogens (tertiary/aromatic N) is 3. The molecule has 21 heavy (non-hydrogen) atoms. The maximum absolute atomic E-state index is 12.2. The van der Waals surface area contributed by atoms with E-state index in [0.29, 0.717) is 32.6 Å². The number of nitrogens with two attached hydrogens (primary N) is 1. The maximum Gasteiger partial charge on any atom is 0.242 e. The predicted octanol–water partition coefficient (Wildman–Crippen LogP) is 0.532. The molecule has 0 aliphatic heterocycles. The molecule has 0 saturated heterocycles. The molecule has 0 bridgehead atoms. The first-order valence-corrected chi connectivity index (χ1v) is 8.41. The Labute approximate surface area is 124 Å². The lowest BCUT2D eigenvalue weighted by atomic mass is 10.4. The van der Waals surface area contributed by atoms with Crippen molar-refractivity contribution in [3.8, 4) is 0 Å². The summed E-state index contributed by atoms with van der Waals surface area (Å²) in [4.78, 5) is 0.267. The van der Waals surface area contributed by atoms with Gasteiger partial charge in [0.05, 0.1) is 4.90 Å². The van der Waals surface area contributed by atoms with Crippen molar-refractivity contribution in [1.29, 1.82) is 0 Å². The number of aromatic nitrogens is 3. The van der Waals surface area contributed by atoms with Gasteiger partial charge in [-0.05, 0) is 25.5 Å². The van der Waals surface area contributed by atoms with Crippen LogP contribution in [0.4, 0.5) is 0 Å². The smallest absolute Gasteiger partial charge is 0.242 e. The molecule has 2 rings (SSSR count). The SMILES string of the molecule is CCn1cc(S(=O)(=O)NCCCn2cccn2)cc1CN. The highest BCUT2D eigenvalue weighted by atomic mass is 32.2. The van der Waals surface area contributed by atoms with E-state index in [9.17, 15) is 8.42 Å². The van der Waals surface area contributed by atoms with E-state index in [1.54, 1.807) is 23.1 Å². The Hall–Kier alpha value is -1.64. The summed E-state index contributed by atoms with van der Waals surface area (Å²) < 4.78 is 30.6. The fraction of sp³-hybridized carbons (Fsp3) is 0.462. The number of hydrogen-bond donors (Lipinski definition) is 2. The molecule has 2 heterocycles. The van der Waals surface area contributed by atoms with Crippen LogP contribution < -0.4 is 10.5 Å². The van der Waals surface area contributed by atoms with Crippen LogP contribution in [0.2, 0.25) is 0 Å². The lowest BCUT2D eigenvalue weighted by Gasteiger charge is -2.05. The third-order valence-electron chi connectivity index (χ3n) is 3.24. The van der Waals surface area contributed by atoms with Crippen LogP contribution in [0, 0.1) is 0 Å². The van der Waals surface area contributed by atoms with Crippen molar-refractivity contribution in [3.63, 3.8) is 0 Å². The Morgan fingerprint density at radius 2 is 2.24 bits per heavy atom. The van der Waals surface area contributed by atoms with Gasteiger partial charge in [0.15, 0.2) is 0 Å². The van der Waals surface area contributed by atoms with Crippen LogP contribution in [0.3, 0.4) is 0 Å². The summed E-state index contributed by atoms with van der Waals surface area (Å²) in [5.41, 5.74) is 6.43. The molecule has 0 saturated carbocycles. The van der Waals surface area contributed by atoms with E-state index in [0.717, 1.165) is 5.69 Å². The molecule has 0 radical (unpaired) electrons. The van der Waals surface area contributed by atoms with E-state index >= 15 is 0 Å². The van der Waals surface area contributed by atoms with Crippen molar-refractivity contribution in [2.45, 2.75) is 37.9 Å². The fourth-order valence-corrected chi connectivity index (χ4v) is 3.24. The molecule has 0 aliphatic carbocycles. The van der Waals surface area contributed by atoms with Gasteiger partial charge < -0.3 is 10.3 Å². The average molecular weight is 311 g/mol. The van der Waals surface area contributed by atoms with Crippen molar-refractivity contribution in [1.82, 2.24) is 19.1 Å². The summed E-state index contributed by atoms with van der Waals surface area (Å²) in [5.74, 6) is 0. The van der Waals surface area contributed by atoms with E-state index < -0.39 is 10.0 Å². The molecule has 3 N–H and O–H groups in total. The molecule has 0 atom stereocenters. The largest absolute Gasteiger partial charge is 0.349 e. The minimum absolute atomic E-state index is 0.267. The molecule has 0 amide bonds. The van der Waals surface area contributed by atoms with Gasteiger partial charge in [-0.2, -0.15) is 5.10 Å². The molecule has 8 heteroatoms. The lowest BCUT2D eigenvalue weighted by Crippen LogP contribution is -2.25. The van der Waals surface area contributed by atoms with Crippen molar-refractivity contribution in [3.05, 3.63) is 36.4 Å². The summed E-state index contributed by atoms with van der Waals surface area (Å²) in [5, 5.41) is 4.07. The molecule has 0 aromatic carbocycles. The number of hydrogen-bond acceptors (Lipinski definition) is 4. The van der Waals surface area contributed by atoms with Crippen LogP contribution in [0.25, 0.3) is 0 Å². The van der Waals surface area contributed by atoms with Gasteiger partial charge in [-0.15, -0.1) is 0 Å². The Morgan fingerprint density at radius 3 is 2.81 bits per heavy atom. The first-order valence-electron chi connectivity index (χ1n) is 6.93. The standard InChI is InChI=1S/C13H21N5O2S/c1-2-17-11-13(9-12(17)10-14)21(19,20)16-6-4-8-18-7-3-5-15-18/h3,5,7,9,11,16H,2,4,6,8,10,14H2,1H3. The summed E-state index contributed by atoms with van der Waals surface area (Å²) in [6, 6.07) is 3.46. The van der Waals surface area contributed by atoms with Crippen LogP contribution in [-0.4, -0.2) is 29.3 Å². The Kier molecular flexibility index (Phi) is 5.16. The highest BCUT2D eigenvalue weighted by molar-refractivity contribution is 7.89. The summed E-state index contributed by atoms with van der Waals surface area (Å²) in [6.45, 7) is 4.02. The summed E-state index contributed by atoms with van der Waals surface area (Å²) in [6.07, 6.45) is 5.85. The van der Waals surface area contributed by atoms with Crippen LogP contribution >= 0.6 is 0 Å². The number of aryl methyl sites for hydroxylation is 2. The van der Waals surface area contributed by atoms with E-state index in [-0.39, 0.29) is 4.90 Å². The zero-order valence-electron chi connectivity index (χ0n) is 12.1. The first-order chi connectivity index (χ1) is 10.1. The molecular weight excluding hydrogens is 290 g/mol. The summed E-state index contributed by atoms with van der Waals surface area (Å²) >= 11 is 0. The van der Waals surface area contributed by atoms with Gasteiger partial charge in [0.1, 0.15) is 0 Å². The number of rotatable bonds is 8. The number of nitrogens with one attached hydrogen (secondary N) is 1. The topological polar surface area (TPSA) is 94.9 Å². The van der Waals surface area contributed by atoms with Crippen molar-refractivity contribution < 1.29 is 8.42 Å². The van der Waals surface area contributed by atoms with E-state index in [1.807, 2.05) is 23.8 Å². The molecule has 7 nitrogen and oxygen atoms in total. The zero-order valence-corrected chi connectivity index (χ0v) is 12.9. The van der Waals surface area contributed by atoms with Gasteiger partial charge in [0, 0.05) is 50.5 Å². The second kappa shape index (κ2) is 6.88. The highest BCUT2D eigenvalue weighted by Crippen LogP contribution is 2.14. The predicted molar refractivity (Wildman–Crippen MR) is 80.0 cm³/mol. The Morgan fingerprint density at radius 1 is 1.43 bits per heavy atom. The minimum Gasteiger partial charge on any atom is -0.349 e. The van der Waals surface area contributed by atoms with E-state index in [4.69, 9.17) is 5.73 Å². The monoisotopic (exact) mass is 311 g/mol. The molecule has 2 aromatic heterocycles. The van der Waals surface area contributed by atoms with Crippen molar-refractivity contribution >= 4 is 10.0 Å². The Bertz CT molecular complexity index is 639. The highest BCUT2D eigenvalue weighted by Gasteiger charge is 2.17. The van der Waals surface area contributed by atoms with Crippen molar-refractivity contribution in [2.24, 2.45) is 5.73 Å². The van der Waals surface area contributed by atoms with Gasteiger partial charge in [0.25, 0.3) is 0 Å². The third kappa shape index (κ3) is 3.93. The molecule has 116 valence electrons. The number of sulfonamides is 1. The normalized spacial score (nSPS) is 11.9. The van der Waals surface area contributed by atoms with Crippen LogP contribution in [-0.2, 0) is 29.7 Å². The second-order valence-corrected chi connectivity index (χ2v) is 6.44. The second-order valence-electron chi connectivity index (χ2n) is 4.68. The van der Waals surface area contributed by atoms with E-state index in [1.165, 1.54) is 0 Å².